The van der Waals surface area contributed by atoms with Crippen molar-refractivity contribution in [3.05, 3.63) is 88.2 Å². The topological polar surface area (TPSA) is 72.9 Å². The van der Waals surface area contributed by atoms with E-state index in [0.717, 1.165) is 5.56 Å². The smallest absolute Gasteiger partial charge is 0.227 e. The lowest BCUT2D eigenvalue weighted by atomic mass is 10.0. The number of nitrogens with zero attached hydrogens (tertiary/aromatic N) is 4. The molecule has 0 spiro atoms. The summed E-state index contributed by atoms with van der Waals surface area (Å²) in [7, 11) is 6.20. The summed E-state index contributed by atoms with van der Waals surface area (Å²) in [5, 5.41) is 18.0. The molecule has 0 aliphatic rings. The first-order valence-corrected chi connectivity index (χ1v) is 9.69. The molecule has 2 aromatic carbocycles. The zero-order chi connectivity index (χ0) is 22.4. The molecular formula is C24H20BFN4O. The van der Waals surface area contributed by atoms with Gasteiger partial charge in [0.25, 0.3) is 0 Å². The van der Waals surface area contributed by atoms with Crippen molar-refractivity contribution < 1.29 is 9.13 Å². The number of aryl methyl sites for hydroxylation is 1. The van der Waals surface area contributed by atoms with E-state index in [2.05, 4.69) is 17.1 Å². The largest absolute Gasteiger partial charge is 0.487 e. The van der Waals surface area contributed by atoms with Crippen LogP contribution in [0.2, 0.25) is 0 Å². The Labute approximate surface area is 182 Å². The first-order valence-electron chi connectivity index (χ1n) is 9.69. The highest BCUT2D eigenvalue weighted by Crippen LogP contribution is 2.34. The average Bonchev–Trinajstić information content (AvgIpc) is 2.79. The molecule has 31 heavy (non-hydrogen) atoms. The number of rotatable bonds is 7. The second kappa shape index (κ2) is 9.78. The van der Waals surface area contributed by atoms with E-state index in [-0.39, 0.29) is 13.2 Å². The van der Waals surface area contributed by atoms with Crippen molar-refractivity contribution in [3.63, 3.8) is 0 Å². The van der Waals surface area contributed by atoms with Crippen LogP contribution in [0.5, 0.6) is 5.75 Å². The van der Waals surface area contributed by atoms with Gasteiger partial charge in [0.05, 0.1) is 29.0 Å². The summed E-state index contributed by atoms with van der Waals surface area (Å²) in [5.41, 5.74) is 4.13. The Morgan fingerprint density at radius 1 is 1.13 bits per heavy atom. The van der Waals surface area contributed by atoms with Crippen molar-refractivity contribution >= 4 is 13.7 Å². The predicted molar refractivity (Wildman–Crippen MR) is 117 cm³/mol. The van der Waals surface area contributed by atoms with Crippen molar-refractivity contribution in [2.45, 2.75) is 33.2 Å². The predicted octanol–water partition coefficient (Wildman–Crippen LogP) is 4.83. The fourth-order valence-electron chi connectivity index (χ4n) is 3.28. The van der Waals surface area contributed by atoms with E-state index in [1.807, 2.05) is 6.07 Å². The molecule has 0 aliphatic heterocycles. The molecule has 3 rings (SSSR count). The monoisotopic (exact) mass is 410 g/mol. The lowest BCUT2D eigenvalue weighted by Gasteiger charge is -2.24. The molecule has 5 nitrogen and oxygen atoms in total. The molecule has 1 atom stereocenters. The van der Waals surface area contributed by atoms with E-state index in [9.17, 15) is 4.39 Å². The number of ether oxygens (including phenoxy) is 1. The van der Waals surface area contributed by atoms with Gasteiger partial charge in [-0.1, -0.05) is 12.1 Å². The third-order valence-electron chi connectivity index (χ3n) is 4.84. The highest BCUT2D eigenvalue weighted by Gasteiger charge is 2.20. The number of anilines is 1. The van der Waals surface area contributed by atoms with Gasteiger partial charge in [0.2, 0.25) is 7.98 Å². The van der Waals surface area contributed by atoms with Crippen LogP contribution in [0, 0.1) is 29.6 Å². The zero-order valence-electron chi connectivity index (χ0n) is 17.3. The van der Waals surface area contributed by atoms with Gasteiger partial charge in [0.1, 0.15) is 18.5 Å². The number of pyridine rings is 1. The molecule has 7 heteroatoms. The van der Waals surface area contributed by atoms with E-state index in [1.165, 1.54) is 11.7 Å². The molecule has 1 aromatic heterocycles. The Hall–Kier alpha value is -3.84. The molecule has 0 bridgehead atoms. The lowest BCUT2D eigenvalue weighted by Crippen LogP contribution is -2.20. The van der Waals surface area contributed by atoms with Crippen LogP contribution >= 0.6 is 0 Å². The molecule has 0 amide bonds. The number of nitriles is 2. The van der Waals surface area contributed by atoms with Crippen LogP contribution in [0.4, 0.5) is 10.1 Å². The Kier molecular flexibility index (Phi) is 6.90. The third kappa shape index (κ3) is 5.21. The van der Waals surface area contributed by atoms with Gasteiger partial charge in [-0.05, 0) is 61.4 Å². The van der Waals surface area contributed by atoms with Crippen molar-refractivity contribution in [2.75, 3.05) is 4.81 Å². The second-order valence-electron chi connectivity index (χ2n) is 7.12. The summed E-state index contributed by atoms with van der Waals surface area (Å²) < 4.78 is 20.7. The summed E-state index contributed by atoms with van der Waals surface area (Å²) >= 11 is 0. The molecule has 3 aromatic rings. The maximum atomic E-state index is 14.7. The van der Waals surface area contributed by atoms with Crippen molar-refractivity contribution in [3.8, 4) is 17.9 Å². The number of aromatic nitrogens is 1. The fraction of sp³-hybridized carbons (Fsp3) is 0.208. The van der Waals surface area contributed by atoms with Crippen LogP contribution in [0.1, 0.15) is 46.6 Å². The van der Waals surface area contributed by atoms with Crippen LogP contribution in [0.15, 0.2) is 54.7 Å². The Morgan fingerprint density at radius 3 is 2.48 bits per heavy atom. The van der Waals surface area contributed by atoms with Crippen LogP contribution in [0.3, 0.4) is 0 Å². The highest BCUT2D eigenvalue weighted by atomic mass is 19.1. The molecule has 0 N–H and O–H groups in total. The molecule has 0 saturated carbocycles. The maximum Gasteiger partial charge on any atom is 0.227 e. The van der Waals surface area contributed by atoms with E-state index in [0.29, 0.717) is 39.4 Å². The summed E-state index contributed by atoms with van der Waals surface area (Å²) in [6, 6.07) is 18.0. The summed E-state index contributed by atoms with van der Waals surface area (Å²) in [6.45, 7) is 3.60. The van der Waals surface area contributed by atoms with Crippen LogP contribution in [-0.2, 0) is 13.2 Å². The number of alkyl halides is 1. The third-order valence-corrected chi connectivity index (χ3v) is 4.84. The second-order valence-corrected chi connectivity index (χ2v) is 7.12. The Bertz CT molecular complexity index is 1150. The summed E-state index contributed by atoms with van der Waals surface area (Å²) in [6.07, 6.45) is 0.305. The Morgan fingerprint density at radius 2 is 1.84 bits per heavy atom. The maximum absolute atomic E-state index is 14.7. The van der Waals surface area contributed by atoms with Crippen LogP contribution in [-0.4, -0.2) is 13.0 Å². The van der Waals surface area contributed by atoms with E-state index in [4.69, 9.17) is 23.2 Å². The number of hydrogen-bond donors (Lipinski definition) is 0. The minimum Gasteiger partial charge on any atom is -0.487 e. The van der Waals surface area contributed by atoms with Crippen molar-refractivity contribution in [2.24, 2.45) is 0 Å². The Balaban J connectivity index is 1.87. The first kappa shape index (κ1) is 21.9. The van der Waals surface area contributed by atoms with E-state index in [1.54, 1.807) is 55.6 Å². The van der Waals surface area contributed by atoms with E-state index < -0.39 is 6.17 Å². The summed E-state index contributed by atoms with van der Waals surface area (Å²) in [5.74, 6) is 0.378. The van der Waals surface area contributed by atoms with Crippen LogP contribution < -0.4 is 9.55 Å². The summed E-state index contributed by atoms with van der Waals surface area (Å²) in [4.78, 5) is 5.84. The van der Waals surface area contributed by atoms with Crippen molar-refractivity contribution in [1.29, 1.82) is 10.5 Å². The molecule has 0 fully saturated rings. The molecule has 2 radical (unpaired) electrons. The highest BCUT2D eigenvalue weighted by molar-refractivity contribution is 6.17. The molecule has 1 heterocycles. The molecule has 0 aliphatic carbocycles. The number of halogens is 1. The lowest BCUT2D eigenvalue weighted by molar-refractivity contribution is 0.282. The minimum absolute atomic E-state index is 0.184. The minimum atomic E-state index is -1.30. The SMILES string of the molecule is [B]N(Cc1cnc(C)c(OCc2cccc(C#N)c2)c1C(C)F)c1ccc(C#N)cc1. The molecular weight excluding hydrogens is 390 g/mol. The zero-order valence-corrected chi connectivity index (χ0v) is 17.3. The normalized spacial score (nSPS) is 11.3. The van der Waals surface area contributed by atoms with Gasteiger partial charge in [0.15, 0.2) is 0 Å². The first-order chi connectivity index (χ1) is 14.9. The quantitative estimate of drug-likeness (QED) is 0.522. The number of benzene rings is 2. The molecule has 0 saturated heterocycles. The van der Waals surface area contributed by atoms with Gasteiger partial charge in [-0.3, -0.25) is 4.98 Å². The number of hydrogen-bond acceptors (Lipinski definition) is 5. The van der Waals surface area contributed by atoms with Gasteiger partial charge in [0, 0.05) is 24.0 Å². The van der Waals surface area contributed by atoms with Gasteiger partial charge in [-0.2, -0.15) is 10.5 Å². The van der Waals surface area contributed by atoms with Crippen molar-refractivity contribution in [1.82, 2.24) is 4.98 Å². The standard InChI is InChI=1S/C24H20BFN4O/c1-16(26)23-21(14-30(25)22-8-6-18(11-27)7-9-22)13-29-17(2)24(23)31-15-20-5-3-4-19(10-20)12-28/h3-10,13,16H,14-15H2,1-2H3. The molecule has 152 valence electrons. The molecule has 1 unspecified atom stereocenters. The van der Waals surface area contributed by atoms with Gasteiger partial charge >= 0.3 is 0 Å². The fourth-order valence-corrected chi connectivity index (χ4v) is 3.28. The van der Waals surface area contributed by atoms with Crippen LogP contribution in [0.25, 0.3) is 0 Å². The van der Waals surface area contributed by atoms with E-state index >= 15 is 0 Å². The van der Waals surface area contributed by atoms with Gasteiger partial charge in [-0.25, -0.2) is 4.39 Å². The van der Waals surface area contributed by atoms with Gasteiger partial charge in [-0.15, -0.1) is 0 Å². The average molecular weight is 410 g/mol. The van der Waals surface area contributed by atoms with Gasteiger partial charge < -0.3 is 9.55 Å².